The molecule has 0 saturated carbocycles. The SMILES string of the molecule is C#C[C@@H](Cc1ccccc1)[C@@H](C)OS(=O)(=O)c1ccc(Cl)cc1. The van der Waals surface area contributed by atoms with Crippen molar-refractivity contribution in [1.82, 2.24) is 0 Å². The molecule has 5 heteroatoms. The molecule has 2 rings (SSSR count). The van der Waals surface area contributed by atoms with Crippen molar-refractivity contribution in [3.8, 4) is 12.3 Å². The van der Waals surface area contributed by atoms with E-state index in [0.29, 0.717) is 11.4 Å². The van der Waals surface area contributed by atoms with E-state index in [-0.39, 0.29) is 10.8 Å². The van der Waals surface area contributed by atoms with Crippen LogP contribution >= 0.6 is 11.6 Å². The van der Waals surface area contributed by atoms with Crippen LogP contribution in [0.2, 0.25) is 5.02 Å². The molecule has 0 fully saturated rings. The van der Waals surface area contributed by atoms with Gasteiger partial charge in [-0.25, -0.2) is 0 Å². The van der Waals surface area contributed by atoms with Crippen molar-refractivity contribution in [1.29, 1.82) is 0 Å². The molecule has 0 aromatic heterocycles. The Morgan fingerprint density at radius 3 is 2.30 bits per heavy atom. The Morgan fingerprint density at radius 1 is 1.13 bits per heavy atom. The van der Waals surface area contributed by atoms with E-state index in [0.717, 1.165) is 5.56 Å². The highest BCUT2D eigenvalue weighted by Crippen LogP contribution is 2.21. The first kappa shape index (κ1) is 17.6. The molecule has 0 N–H and O–H groups in total. The lowest BCUT2D eigenvalue weighted by molar-refractivity contribution is 0.187. The maximum absolute atomic E-state index is 12.3. The summed E-state index contributed by atoms with van der Waals surface area (Å²) in [6, 6.07) is 15.5. The van der Waals surface area contributed by atoms with Crippen molar-refractivity contribution in [2.24, 2.45) is 5.92 Å². The molecule has 120 valence electrons. The minimum absolute atomic E-state index is 0.0595. The second kappa shape index (κ2) is 7.65. The van der Waals surface area contributed by atoms with Crippen molar-refractivity contribution in [2.45, 2.75) is 24.3 Å². The van der Waals surface area contributed by atoms with Crippen LogP contribution in [0.1, 0.15) is 12.5 Å². The maximum atomic E-state index is 12.3. The first-order valence-electron chi connectivity index (χ1n) is 7.11. The van der Waals surface area contributed by atoms with Crippen LogP contribution in [0.3, 0.4) is 0 Å². The van der Waals surface area contributed by atoms with E-state index >= 15 is 0 Å². The van der Waals surface area contributed by atoms with E-state index in [4.69, 9.17) is 22.2 Å². The van der Waals surface area contributed by atoms with Gasteiger partial charge in [0.1, 0.15) is 0 Å². The van der Waals surface area contributed by atoms with Gasteiger partial charge in [0, 0.05) is 5.02 Å². The molecule has 0 unspecified atom stereocenters. The van der Waals surface area contributed by atoms with Gasteiger partial charge in [-0.2, -0.15) is 8.42 Å². The average molecular weight is 349 g/mol. The molecule has 0 spiro atoms. The normalized spacial score (nSPS) is 14.0. The lowest BCUT2D eigenvalue weighted by Gasteiger charge is -2.19. The van der Waals surface area contributed by atoms with Crippen LogP contribution in [-0.4, -0.2) is 14.5 Å². The Morgan fingerprint density at radius 2 is 1.74 bits per heavy atom. The third-order valence-corrected chi connectivity index (χ3v) is 5.12. The zero-order valence-electron chi connectivity index (χ0n) is 12.6. The Labute approximate surface area is 142 Å². The van der Waals surface area contributed by atoms with E-state index in [2.05, 4.69) is 5.92 Å². The Balaban J connectivity index is 2.11. The van der Waals surface area contributed by atoms with Gasteiger partial charge >= 0.3 is 0 Å². The summed E-state index contributed by atoms with van der Waals surface area (Å²) >= 11 is 5.77. The smallest absolute Gasteiger partial charge is 0.262 e. The lowest BCUT2D eigenvalue weighted by atomic mass is 9.96. The molecule has 0 aliphatic heterocycles. The van der Waals surface area contributed by atoms with E-state index in [1.54, 1.807) is 6.92 Å². The molecule has 0 amide bonds. The standard InChI is InChI=1S/C18H17ClO3S/c1-3-16(13-15-7-5-4-6-8-15)14(2)22-23(20,21)18-11-9-17(19)10-12-18/h1,4-12,14,16H,13H2,2H3/t14-,16+/m1/s1. The molecule has 0 bridgehead atoms. The first-order valence-corrected chi connectivity index (χ1v) is 8.90. The van der Waals surface area contributed by atoms with Crippen LogP contribution in [0.25, 0.3) is 0 Å². The second-order valence-corrected chi connectivity index (χ2v) is 7.18. The van der Waals surface area contributed by atoms with Gasteiger partial charge in [-0.05, 0) is 43.2 Å². The summed E-state index contributed by atoms with van der Waals surface area (Å²) in [5.41, 5.74) is 1.04. The predicted octanol–water partition coefficient (Wildman–Crippen LogP) is 3.93. The minimum atomic E-state index is -3.88. The zero-order valence-corrected chi connectivity index (χ0v) is 14.2. The molecule has 3 nitrogen and oxygen atoms in total. The zero-order chi connectivity index (χ0) is 16.9. The van der Waals surface area contributed by atoms with Gasteiger partial charge in [0.15, 0.2) is 0 Å². The van der Waals surface area contributed by atoms with Crippen LogP contribution in [-0.2, 0) is 20.7 Å². The fourth-order valence-electron chi connectivity index (χ4n) is 2.15. The van der Waals surface area contributed by atoms with E-state index < -0.39 is 16.2 Å². The van der Waals surface area contributed by atoms with Crippen LogP contribution in [0.5, 0.6) is 0 Å². The molecular formula is C18H17ClO3S. The van der Waals surface area contributed by atoms with Gasteiger partial charge in [-0.3, -0.25) is 4.18 Å². The largest absolute Gasteiger partial charge is 0.297 e. The molecule has 0 aliphatic carbocycles. The van der Waals surface area contributed by atoms with Crippen molar-refractivity contribution >= 4 is 21.7 Å². The molecule has 23 heavy (non-hydrogen) atoms. The Hall–Kier alpha value is -1.80. The quantitative estimate of drug-likeness (QED) is 0.587. The number of benzene rings is 2. The summed E-state index contributed by atoms with van der Waals surface area (Å²) < 4.78 is 29.9. The number of terminal acetylenes is 1. The van der Waals surface area contributed by atoms with Gasteiger partial charge in [-0.15, -0.1) is 12.3 Å². The van der Waals surface area contributed by atoms with Crippen molar-refractivity contribution < 1.29 is 12.6 Å². The highest BCUT2D eigenvalue weighted by Gasteiger charge is 2.24. The van der Waals surface area contributed by atoms with E-state index in [1.807, 2.05) is 30.3 Å². The van der Waals surface area contributed by atoms with Crippen LogP contribution in [0.15, 0.2) is 59.5 Å². The molecule has 0 saturated heterocycles. The van der Waals surface area contributed by atoms with E-state index in [1.165, 1.54) is 24.3 Å². The number of halogens is 1. The van der Waals surface area contributed by atoms with Crippen molar-refractivity contribution in [3.63, 3.8) is 0 Å². The summed E-state index contributed by atoms with van der Waals surface area (Å²) in [6.45, 7) is 1.67. The van der Waals surface area contributed by atoms with E-state index in [9.17, 15) is 8.42 Å². The number of rotatable bonds is 6. The number of hydrogen-bond acceptors (Lipinski definition) is 3. The molecule has 0 aliphatic rings. The van der Waals surface area contributed by atoms with Gasteiger partial charge in [-0.1, -0.05) is 41.9 Å². The predicted molar refractivity (Wildman–Crippen MR) is 91.7 cm³/mol. The third kappa shape index (κ3) is 4.84. The third-order valence-electron chi connectivity index (χ3n) is 3.46. The lowest BCUT2D eigenvalue weighted by Crippen LogP contribution is -2.25. The monoisotopic (exact) mass is 348 g/mol. The summed E-state index contributed by atoms with van der Waals surface area (Å²) in [5, 5.41) is 0.461. The minimum Gasteiger partial charge on any atom is -0.262 e. The molecule has 2 atom stereocenters. The summed E-state index contributed by atoms with van der Waals surface area (Å²) in [7, 11) is -3.88. The van der Waals surface area contributed by atoms with Gasteiger partial charge < -0.3 is 0 Å². The molecule has 2 aromatic carbocycles. The van der Waals surface area contributed by atoms with Crippen LogP contribution in [0.4, 0.5) is 0 Å². The fraction of sp³-hybridized carbons (Fsp3) is 0.222. The topological polar surface area (TPSA) is 43.4 Å². The number of hydrogen-bond donors (Lipinski definition) is 0. The Kier molecular flexibility index (Phi) is 5.84. The first-order chi connectivity index (χ1) is 10.9. The molecular weight excluding hydrogens is 332 g/mol. The fourth-order valence-corrected chi connectivity index (χ4v) is 3.39. The highest BCUT2D eigenvalue weighted by molar-refractivity contribution is 7.86. The second-order valence-electron chi connectivity index (χ2n) is 5.17. The van der Waals surface area contributed by atoms with Crippen LogP contribution in [0, 0.1) is 18.3 Å². The molecule has 0 heterocycles. The van der Waals surface area contributed by atoms with Gasteiger partial charge in [0.25, 0.3) is 10.1 Å². The molecule has 2 aromatic rings. The van der Waals surface area contributed by atoms with Crippen molar-refractivity contribution in [2.75, 3.05) is 0 Å². The summed E-state index contributed by atoms with van der Waals surface area (Å²) in [5.74, 6) is 2.28. The Bertz CT molecular complexity index is 777. The summed E-state index contributed by atoms with van der Waals surface area (Å²) in [4.78, 5) is 0.0595. The van der Waals surface area contributed by atoms with Crippen molar-refractivity contribution in [3.05, 3.63) is 65.2 Å². The van der Waals surface area contributed by atoms with Gasteiger partial charge in [0.2, 0.25) is 0 Å². The van der Waals surface area contributed by atoms with Crippen LogP contribution < -0.4 is 0 Å². The highest BCUT2D eigenvalue weighted by atomic mass is 35.5. The summed E-state index contributed by atoms with van der Waals surface area (Å²) in [6.07, 6.45) is 5.47. The molecule has 0 radical (unpaired) electrons. The maximum Gasteiger partial charge on any atom is 0.297 e. The average Bonchev–Trinajstić information content (AvgIpc) is 2.53. The van der Waals surface area contributed by atoms with Gasteiger partial charge in [0.05, 0.1) is 16.9 Å².